The molecular formula is C9H13ClN4O. The average molecular weight is 229 g/mol. The minimum absolute atomic E-state index is 0.0145. The van der Waals surface area contributed by atoms with Crippen molar-refractivity contribution in [3.05, 3.63) is 17.0 Å². The Morgan fingerprint density at radius 2 is 2.27 bits per heavy atom. The van der Waals surface area contributed by atoms with Crippen molar-refractivity contribution in [3.8, 4) is 0 Å². The second kappa shape index (κ2) is 5.50. The molecule has 2 N–H and O–H groups in total. The highest BCUT2D eigenvalue weighted by molar-refractivity contribution is 6.29. The number of hydrogen-bond donors (Lipinski definition) is 2. The molecule has 1 aromatic heterocycles. The number of hydrogen-bond acceptors (Lipinski definition) is 4. The summed E-state index contributed by atoms with van der Waals surface area (Å²) in [7, 11) is 1.61. The van der Waals surface area contributed by atoms with Gasteiger partial charge in [-0.05, 0) is 6.92 Å². The van der Waals surface area contributed by atoms with E-state index in [2.05, 4.69) is 20.6 Å². The fourth-order valence-electron chi connectivity index (χ4n) is 1.05. The van der Waals surface area contributed by atoms with Gasteiger partial charge in [0, 0.05) is 26.1 Å². The first-order valence-electron chi connectivity index (χ1n) is 4.57. The van der Waals surface area contributed by atoms with Crippen molar-refractivity contribution < 1.29 is 4.79 Å². The van der Waals surface area contributed by atoms with Crippen LogP contribution in [0.15, 0.2) is 6.07 Å². The maximum atomic E-state index is 10.9. The summed E-state index contributed by atoms with van der Waals surface area (Å²) in [6, 6.07) is 1.62. The molecule has 0 unspecified atom stereocenters. The van der Waals surface area contributed by atoms with Crippen LogP contribution in [-0.2, 0) is 4.79 Å². The van der Waals surface area contributed by atoms with Crippen LogP contribution in [0, 0.1) is 6.92 Å². The smallest absolute Gasteiger partial charge is 0.221 e. The van der Waals surface area contributed by atoms with E-state index < -0.39 is 0 Å². The topological polar surface area (TPSA) is 66.9 Å². The van der Waals surface area contributed by atoms with Crippen molar-refractivity contribution in [1.29, 1.82) is 0 Å². The number of nitrogens with zero attached hydrogens (tertiary/aromatic N) is 2. The minimum atomic E-state index is -0.0145. The average Bonchev–Trinajstić information content (AvgIpc) is 2.16. The zero-order valence-corrected chi connectivity index (χ0v) is 9.43. The Bertz CT molecular complexity index is 336. The minimum Gasteiger partial charge on any atom is -0.369 e. The first-order valence-corrected chi connectivity index (χ1v) is 4.95. The molecule has 0 saturated heterocycles. The third-order valence-electron chi connectivity index (χ3n) is 1.74. The van der Waals surface area contributed by atoms with Gasteiger partial charge in [-0.1, -0.05) is 11.6 Å². The van der Waals surface area contributed by atoms with Crippen molar-refractivity contribution in [1.82, 2.24) is 15.3 Å². The molecule has 1 rings (SSSR count). The molecule has 15 heavy (non-hydrogen) atoms. The second-order valence-corrected chi connectivity index (χ2v) is 3.36. The quantitative estimate of drug-likeness (QED) is 0.755. The van der Waals surface area contributed by atoms with Crippen LogP contribution in [0.25, 0.3) is 0 Å². The molecule has 82 valence electrons. The van der Waals surface area contributed by atoms with Crippen LogP contribution in [0.4, 0.5) is 5.82 Å². The third kappa shape index (κ3) is 4.12. The highest BCUT2D eigenvalue weighted by atomic mass is 35.5. The van der Waals surface area contributed by atoms with Gasteiger partial charge in [-0.15, -0.1) is 0 Å². The van der Waals surface area contributed by atoms with Gasteiger partial charge in [0.2, 0.25) is 5.91 Å². The van der Waals surface area contributed by atoms with Gasteiger partial charge in [0.25, 0.3) is 0 Å². The lowest BCUT2D eigenvalue weighted by atomic mass is 10.4. The molecule has 0 aliphatic heterocycles. The second-order valence-electron chi connectivity index (χ2n) is 2.97. The summed E-state index contributed by atoms with van der Waals surface area (Å²) in [5, 5.41) is 5.92. The van der Waals surface area contributed by atoms with E-state index in [9.17, 15) is 4.79 Å². The normalized spacial score (nSPS) is 9.80. The van der Waals surface area contributed by atoms with Crippen LogP contribution in [0.5, 0.6) is 0 Å². The fraction of sp³-hybridized carbons (Fsp3) is 0.444. The van der Waals surface area contributed by atoms with Crippen molar-refractivity contribution in [2.75, 3.05) is 18.9 Å². The number of anilines is 1. The van der Waals surface area contributed by atoms with Crippen LogP contribution < -0.4 is 10.6 Å². The molecule has 0 fully saturated rings. The number of halogens is 1. The molecule has 1 heterocycles. The zero-order chi connectivity index (χ0) is 11.3. The molecule has 1 amide bonds. The summed E-state index contributed by atoms with van der Waals surface area (Å²) in [5.41, 5.74) is 0. The van der Waals surface area contributed by atoms with Gasteiger partial charge < -0.3 is 10.6 Å². The summed E-state index contributed by atoms with van der Waals surface area (Å²) in [6.07, 6.45) is 0.400. The third-order valence-corrected chi connectivity index (χ3v) is 1.94. The summed E-state index contributed by atoms with van der Waals surface area (Å²) in [4.78, 5) is 19.0. The first kappa shape index (κ1) is 11.7. The van der Waals surface area contributed by atoms with E-state index in [0.717, 1.165) is 0 Å². The van der Waals surface area contributed by atoms with Gasteiger partial charge in [0.1, 0.15) is 16.8 Å². The van der Waals surface area contributed by atoms with Gasteiger partial charge in [-0.3, -0.25) is 4.79 Å². The molecule has 0 spiro atoms. The number of aryl methyl sites for hydroxylation is 1. The summed E-state index contributed by atoms with van der Waals surface area (Å²) >= 11 is 5.75. The predicted molar refractivity (Wildman–Crippen MR) is 59.0 cm³/mol. The fourth-order valence-corrected chi connectivity index (χ4v) is 1.28. The highest BCUT2D eigenvalue weighted by Crippen LogP contribution is 2.10. The number of amides is 1. The van der Waals surface area contributed by atoms with E-state index >= 15 is 0 Å². The molecule has 0 atom stereocenters. The van der Waals surface area contributed by atoms with Crippen molar-refractivity contribution >= 4 is 23.3 Å². The SMILES string of the molecule is CNC(=O)CCNc1cc(Cl)nc(C)n1. The van der Waals surface area contributed by atoms with E-state index in [0.29, 0.717) is 29.8 Å². The molecule has 0 bridgehead atoms. The lowest BCUT2D eigenvalue weighted by Crippen LogP contribution is -2.21. The van der Waals surface area contributed by atoms with Gasteiger partial charge in [0.05, 0.1) is 0 Å². The summed E-state index contributed by atoms with van der Waals surface area (Å²) in [6.45, 7) is 2.28. The van der Waals surface area contributed by atoms with E-state index in [1.165, 1.54) is 0 Å². The van der Waals surface area contributed by atoms with Gasteiger partial charge in [-0.2, -0.15) is 0 Å². The Labute approximate surface area is 93.3 Å². The Morgan fingerprint density at radius 1 is 1.53 bits per heavy atom. The molecule has 0 aliphatic carbocycles. The zero-order valence-electron chi connectivity index (χ0n) is 8.67. The van der Waals surface area contributed by atoms with Gasteiger partial charge in [0.15, 0.2) is 0 Å². The molecular weight excluding hydrogens is 216 g/mol. The molecule has 0 saturated carbocycles. The molecule has 6 heteroatoms. The van der Waals surface area contributed by atoms with Crippen LogP contribution in [0.1, 0.15) is 12.2 Å². The van der Waals surface area contributed by atoms with E-state index in [4.69, 9.17) is 11.6 Å². The van der Waals surface area contributed by atoms with Crippen molar-refractivity contribution in [2.24, 2.45) is 0 Å². The van der Waals surface area contributed by atoms with E-state index in [1.807, 2.05) is 0 Å². The first-order chi connectivity index (χ1) is 7.11. The van der Waals surface area contributed by atoms with Crippen molar-refractivity contribution in [2.45, 2.75) is 13.3 Å². The molecule has 0 aliphatic rings. The summed E-state index contributed by atoms with van der Waals surface area (Å²) < 4.78 is 0. The Hall–Kier alpha value is -1.36. The van der Waals surface area contributed by atoms with Gasteiger partial charge >= 0.3 is 0 Å². The Balaban J connectivity index is 2.47. The molecule has 0 aromatic carbocycles. The van der Waals surface area contributed by atoms with E-state index in [-0.39, 0.29) is 5.91 Å². The number of nitrogens with one attached hydrogen (secondary N) is 2. The number of aromatic nitrogens is 2. The van der Waals surface area contributed by atoms with Crippen LogP contribution in [-0.4, -0.2) is 29.5 Å². The van der Waals surface area contributed by atoms with E-state index in [1.54, 1.807) is 20.0 Å². The largest absolute Gasteiger partial charge is 0.369 e. The predicted octanol–water partition coefficient (Wildman–Crippen LogP) is 0.986. The lowest BCUT2D eigenvalue weighted by Gasteiger charge is -2.05. The number of rotatable bonds is 4. The molecule has 1 aromatic rings. The maximum absolute atomic E-state index is 10.9. The van der Waals surface area contributed by atoms with Crippen LogP contribution >= 0.6 is 11.6 Å². The van der Waals surface area contributed by atoms with Crippen molar-refractivity contribution in [3.63, 3.8) is 0 Å². The molecule has 5 nitrogen and oxygen atoms in total. The van der Waals surface area contributed by atoms with Crippen LogP contribution in [0.3, 0.4) is 0 Å². The number of carbonyl (C=O) groups excluding carboxylic acids is 1. The Morgan fingerprint density at radius 3 is 2.87 bits per heavy atom. The number of carbonyl (C=O) groups is 1. The Kier molecular flexibility index (Phi) is 4.30. The van der Waals surface area contributed by atoms with Crippen LogP contribution in [0.2, 0.25) is 5.15 Å². The monoisotopic (exact) mass is 228 g/mol. The highest BCUT2D eigenvalue weighted by Gasteiger charge is 2.01. The lowest BCUT2D eigenvalue weighted by molar-refractivity contribution is -0.120. The maximum Gasteiger partial charge on any atom is 0.221 e. The standard InChI is InChI=1S/C9H13ClN4O/c1-6-13-7(10)5-8(14-6)12-4-3-9(15)11-2/h5H,3-4H2,1-2H3,(H,11,15)(H,12,13,14). The molecule has 0 radical (unpaired) electrons. The van der Waals surface area contributed by atoms with Gasteiger partial charge in [-0.25, -0.2) is 9.97 Å². The summed E-state index contributed by atoms with van der Waals surface area (Å²) in [5.74, 6) is 1.22.